The van der Waals surface area contributed by atoms with Gasteiger partial charge in [-0.25, -0.2) is 13.8 Å². The lowest BCUT2D eigenvalue weighted by molar-refractivity contribution is -0.168. The van der Waals surface area contributed by atoms with E-state index in [2.05, 4.69) is 15.0 Å². The lowest BCUT2D eigenvalue weighted by atomic mass is 10.2. The number of amides is 1. The number of carbonyl (C=O) groups is 1. The van der Waals surface area contributed by atoms with E-state index >= 15 is 0 Å². The molecule has 148 valence electrons. The number of hydrogen-bond acceptors (Lipinski definition) is 5. The Hall–Kier alpha value is -2.72. The zero-order valence-electron chi connectivity index (χ0n) is 14.2. The van der Waals surface area contributed by atoms with Crippen molar-refractivity contribution in [1.82, 2.24) is 4.98 Å². The lowest BCUT2D eigenvalue weighted by Crippen LogP contribution is -2.32. The van der Waals surface area contributed by atoms with Crippen LogP contribution in [-0.2, 0) is 11.3 Å². The third-order valence-corrected chi connectivity index (χ3v) is 4.46. The molecular weight excluding hydrogens is 400 g/mol. The van der Waals surface area contributed by atoms with Gasteiger partial charge in [-0.1, -0.05) is 18.2 Å². The van der Waals surface area contributed by atoms with Gasteiger partial charge in [0, 0.05) is 5.69 Å². The Morgan fingerprint density at radius 2 is 2.11 bits per heavy atom. The van der Waals surface area contributed by atoms with Gasteiger partial charge >= 0.3 is 12.3 Å². The Kier molecular flexibility index (Phi) is 6.10. The Morgan fingerprint density at radius 3 is 2.82 bits per heavy atom. The number of hydrogen-bond donors (Lipinski definition) is 1. The molecule has 3 aromatic rings. The maximum Gasteiger partial charge on any atom is 0.330 e. The highest BCUT2D eigenvalue weighted by atomic mass is 32.1. The second-order valence-electron chi connectivity index (χ2n) is 5.72. The van der Waals surface area contributed by atoms with Gasteiger partial charge in [0.2, 0.25) is 0 Å². The van der Waals surface area contributed by atoms with Crippen molar-refractivity contribution in [3.05, 3.63) is 59.4 Å². The molecule has 1 aromatic carbocycles. The van der Waals surface area contributed by atoms with Crippen molar-refractivity contribution in [2.75, 3.05) is 11.9 Å². The van der Waals surface area contributed by atoms with Crippen molar-refractivity contribution >= 4 is 22.9 Å². The molecule has 1 amide bonds. The minimum Gasteiger partial charge on any atom is -0.442 e. The van der Waals surface area contributed by atoms with Crippen LogP contribution in [0, 0.1) is 0 Å². The summed E-state index contributed by atoms with van der Waals surface area (Å²) in [6, 6.07) is 9.80. The van der Waals surface area contributed by atoms with E-state index in [4.69, 9.17) is 4.42 Å². The topological polar surface area (TPSA) is 64.4 Å². The van der Waals surface area contributed by atoms with E-state index in [0.29, 0.717) is 17.0 Å². The number of thiophene rings is 1. The van der Waals surface area contributed by atoms with E-state index in [-0.39, 0.29) is 12.3 Å². The normalized spacial score (nSPS) is 11.8. The van der Waals surface area contributed by atoms with Crippen LogP contribution in [0.25, 0.3) is 10.6 Å². The predicted molar refractivity (Wildman–Crippen MR) is 94.8 cm³/mol. The number of oxazole rings is 1. The lowest BCUT2D eigenvalue weighted by Gasteiger charge is -2.15. The fourth-order valence-electron chi connectivity index (χ4n) is 2.29. The summed E-state index contributed by atoms with van der Waals surface area (Å²) in [5, 5.41) is 4.47. The standard InChI is InChI=1S/C18H14F4N2O3S/c19-17(20)18(21,22)9-26-8-11-3-1-4-12(7-11)24-16(25)14-15(27-10-23-14)13-5-2-6-28-13/h1-7,10,17H,8-9H2,(H,24,25). The number of rotatable bonds is 8. The van der Waals surface area contributed by atoms with Gasteiger partial charge in [0.15, 0.2) is 17.8 Å². The monoisotopic (exact) mass is 414 g/mol. The van der Waals surface area contributed by atoms with Crippen molar-refractivity contribution in [3.8, 4) is 10.6 Å². The molecule has 2 aromatic heterocycles. The van der Waals surface area contributed by atoms with Crippen molar-refractivity contribution in [3.63, 3.8) is 0 Å². The summed E-state index contributed by atoms with van der Waals surface area (Å²) in [6.07, 6.45) is -2.63. The van der Waals surface area contributed by atoms with E-state index in [1.54, 1.807) is 24.3 Å². The largest absolute Gasteiger partial charge is 0.442 e. The molecule has 5 nitrogen and oxygen atoms in total. The fraction of sp³-hybridized carbons (Fsp3) is 0.222. The first-order chi connectivity index (χ1) is 13.4. The molecule has 0 saturated carbocycles. The van der Waals surface area contributed by atoms with E-state index in [1.165, 1.54) is 17.4 Å². The molecular formula is C18H14F4N2O3S. The zero-order valence-corrected chi connectivity index (χ0v) is 15.0. The van der Waals surface area contributed by atoms with Crippen LogP contribution in [0.3, 0.4) is 0 Å². The summed E-state index contributed by atoms with van der Waals surface area (Å²) in [5.41, 5.74) is 0.897. The average Bonchev–Trinajstić information content (AvgIpc) is 3.33. The van der Waals surface area contributed by atoms with Gasteiger partial charge in [0.05, 0.1) is 11.5 Å². The maximum atomic E-state index is 12.9. The zero-order chi connectivity index (χ0) is 20.1. The number of benzene rings is 1. The summed E-state index contributed by atoms with van der Waals surface area (Å²) >= 11 is 1.39. The van der Waals surface area contributed by atoms with Crippen LogP contribution in [0.15, 0.2) is 52.6 Å². The van der Waals surface area contributed by atoms with Crippen molar-refractivity contribution in [2.45, 2.75) is 19.0 Å². The Balaban J connectivity index is 1.64. The van der Waals surface area contributed by atoms with Crippen LogP contribution in [-0.4, -0.2) is 29.8 Å². The Morgan fingerprint density at radius 1 is 1.29 bits per heavy atom. The summed E-state index contributed by atoms with van der Waals surface area (Å²) in [4.78, 5) is 17.2. The summed E-state index contributed by atoms with van der Waals surface area (Å²) in [5.74, 6) is -4.39. The van der Waals surface area contributed by atoms with Gasteiger partial charge < -0.3 is 14.5 Å². The van der Waals surface area contributed by atoms with E-state index < -0.39 is 24.9 Å². The number of nitrogens with zero attached hydrogens (tertiary/aromatic N) is 1. The molecule has 0 radical (unpaired) electrons. The molecule has 0 spiro atoms. The number of nitrogens with one attached hydrogen (secondary N) is 1. The molecule has 0 aliphatic heterocycles. The van der Waals surface area contributed by atoms with Crippen molar-refractivity contribution in [2.24, 2.45) is 0 Å². The molecule has 0 saturated heterocycles. The highest BCUT2D eigenvalue weighted by Crippen LogP contribution is 2.28. The molecule has 1 N–H and O–H groups in total. The molecule has 0 bridgehead atoms. The third-order valence-electron chi connectivity index (χ3n) is 3.59. The van der Waals surface area contributed by atoms with Crippen LogP contribution < -0.4 is 5.32 Å². The Bertz CT molecular complexity index is 929. The summed E-state index contributed by atoms with van der Waals surface area (Å²) in [7, 11) is 0. The first-order valence-corrected chi connectivity index (χ1v) is 8.86. The molecule has 0 aliphatic rings. The molecule has 0 aliphatic carbocycles. The molecule has 0 fully saturated rings. The van der Waals surface area contributed by atoms with Crippen LogP contribution >= 0.6 is 11.3 Å². The predicted octanol–water partition coefficient (Wildman–Crippen LogP) is 5.07. The molecule has 0 atom stereocenters. The molecule has 0 unspecified atom stereocenters. The second-order valence-corrected chi connectivity index (χ2v) is 6.66. The van der Waals surface area contributed by atoms with E-state index in [1.807, 2.05) is 11.4 Å². The van der Waals surface area contributed by atoms with Crippen LogP contribution in [0.4, 0.5) is 23.2 Å². The van der Waals surface area contributed by atoms with Crippen LogP contribution in [0.1, 0.15) is 16.1 Å². The van der Waals surface area contributed by atoms with Crippen LogP contribution in [0.5, 0.6) is 0 Å². The number of alkyl halides is 4. The first kappa shape index (κ1) is 20.0. The highest BCUT2D eigenvalue weighted by molar-refractivity contribution is 7.13. The quantitative estimate of drug-likeness (QED) is 0.523. The number of halogens is 4. The number of carbonyl (C=O) groups excluding carboxylic acids is 1. The molecule has 3 rings (SSSR count). The summed E-state index contributed by atoms with van der Waals surface area (Å²) in [6.45, 7) is -1.71. The van der Waals surface area contributed by atoms with Gasteiger partial charge in [0.1, 0.15) is 6.61 Å². The minimum atomic E-state index is -4.21. The van der Waals surface area contributed by atoms with Gasteiger partial charge in [0.25, 0.3) is 5.91 Å². The van der Waals surface area contributed by atoms with Gasteiger partial charge in [-0.05, 0) is 29.1 Å². The average molecular weight is 414 g/mol. The number of ether oxygens (including phenoxy) is 1. The Labute approximate surface area is 161 Å². The van der Waals surface area contributed by atoms with Gasteiger partial charge in [-0.3, -0.25) is 4.79 Å². The smallest absolute Gasteiger partial charge is 0.330 e. The van der Waals surface area contributed by atoms with Crippen molar-refractivity contribution < 1.29 is 31.5 Å². The number of anilines is 1. The third kappa shape index (κ3) is 4.76. The summed E-state index contributed by atoms with van der Waals surface area (Å²) < 4.78 is 59.9. The molecule has 2 heterocycles. The fourth-order valence-corrected chi connectivity index (χ4v) is 3.00. The number of aromatic nitrogens is 1. The molecule has 10 heteroatoms. The maximum absolute atomic E-state index is 12.9. The van der Waals surface area contributed by atoms with Gasteiger partial charge in [-0.2, -0.15) is 8.78 Å². The molecule has 28 heavy (non-hydrogen) atoms. The highest BCUT2D eigenvalue weighted by Gasteiger charge is 2.40. The van der Waals surface area contributed by atoms with Gasteiger partial charge in [-0.15, -0.1) is 11.3 Å². The van der Waals surface area contributed by atoms with Crippen molar-refractivity contribution in [1.29, 1.82) is 0 Å². The second kappa shape index (κ2) is 8.53. The minimum absolute atomic E-state index is 0.0979. The SMILES string of the molecule is O=C(Nc1cccc(COCC(F)(F)C(F)F)c1)c1ncoc1-c1cccs1. The van der Waals surface area contributed by atoms with E-state index in [0.717, 1.165) is 11.3 Å². The first-order valence-electron chi connectivity index (χ1n) is 7.98. The van der Waals surface area contributed by atoms with Crippen LogP contribution in [0.2, 0.25) is 0 Å². The van der Waals surface area contributed by atoms with E-state index in [9.17, 15) is 22.4 Å².